The quantitative estimate of drug-likeness (QED) is 0.752. The van der Waals surface area contributed by atoms with Crippen LogP contribution in [0, 0.1) is 0 Å². The highest BCUT2D eigenvalue weighted by Crippen LogP contribution is 2.22. The van der Waals surface area contributed by atoms with Gasteiger partial charge in [0.1, 0.15) is 5.82 Å². The van der Waals surface area contributed by atoms with Gasteiger partial charge in [0.15, 0.2) is 0 Å². The highest BCUT2D eigenvalue weighted by atomic mass is 16.3. The maximum atomic E-state index is 9.66. The fourth-order valence-corrected chi connectivity index (χ4v) is 1.76. The fourth-order valence-electron chi connectivity index (χ4n) is 1.76. The molecule has 0 bridgehead atoms. The third-order valence-electron chi connectivity index (χ3n) is 2.73. The van der Waals surface area contributed by atoms with Crippen molar-refractivity contribution in [2.75, 3.05) is 18.5 Å². The maximum absolute atomic E-state index is 9.66. The molecule has 0 aromatic carbocycles. The fraction of sp³-hybridized carbons (Fsp3) is 0.615. The molecule has 0 aliphatic rings. The van der Waals surface area contributed by atoms with Crippen LogP contribution in [-0.4, -0.2) is 23.7 Å². The number of nitrogens with zero attached hydrogens (tertiary/aromatic N) is 2. The van der Waals surface area contributed by atoms with Crippen molar-refractivity contribution in [1.29, 1.82) is 0 Å². The number of pyridine rings is 1. The van der Waals surface area contributed by atoms with Crippen LogP contribution in [0.25, 0.3) is 0 Å². The highest BCUT2D eigenvalue weighted by Gasteiger charge is 2.11. The molecule has 0 amide bonds. The van der Waals surface area contributed by atoms with Crippen molar-refractivity contribution in [2.45, 2.75) is 39.2 Å². The summed E-state index contributed by atoms with van der Waals surface area (Å²) in [5.74, 6) is 0.897. The first kappa shape index (κ1) is 13.0. The molecule has 90 valence electrons. The molecule has 3 nitrogen and oxygen atoms in total. The van der Waals surface area contributed by atoms with Crippen LogP contribution in [0.1, 0.15) is 44.8 Å². The number of anilines is 1. The normalized spacial score (nSPS) is 12.5. The van der Waals surface area contributed by atoms with Gasteiger partial charge in [-0.15, -0.1) is 0 Å². The van der Waals surface area contributed by atoms with Crippen molar-refractivity contribution in [1.82, 2.24) is 4.98 Å². The number of rotatable bonds is 6. The minimum absolute atomic E-state index is 0.461. The SMILES string of the molecule is CCCCCN(C)c1ncccc1[C@H](C)O. The summed E-state index contributed by atoms with van der Waals surface area (Å²) < 4.78 is 0. The third kappa shape index (κ3) is 3.49. The van der Waals surface area contributed by atoms with Gasteiger partial charge in [0.2, 0.25) is 0 Å². The predicted molar refractivity (Wildman–Crippen MR) is 67.7 cm³/mol. The van der Waals surface area contributed by atoms with Crippen LogP contribution in [0.3, 0.4) is 0 Å². The van der Waals surface area contributed by atoms with Crippen LogP contribution in [0.4, 0.5) is 5.82 Å². The molecule has 0 spiro atoms. The Balaban J connectivity index is 2.70. The summed E-state index contributed by atoms with van der Waals surface area (Å²) in [5, 5.41) is 9.66. The number of aliphatic hydroxyl groups excluding tert-OH is 1. The summed E-state index contributed by atoms with van der Waals surface area (Å²) in [4.78, 5) is 6.47. The number of unbranched alkanes of at least 4 members (excludes halogenated alkanes) is 2. The molecule has 0 saturated carbocycles. The van der Waals surface area contributed by atoms with E-state index < -0.39 is 6.10 Å². The van der Waals surface area contributed by atoms with E-state index in [-0.39, 0.29) is 0 Å². The minimum atomic E-state index is -0.461. The molecule has 0 saturated heterocycles. The number of hydrogen-bond donors (Lipinski definition) is 1. The van der Waals surface area contributed by atoms with Crippen molar-refractivity contribution in [2.24, 2.45) is 0 Å². The van der Waals surface area contributed by atoms with E-state index in [4.69, 9.17) is 0 Å². The Kier molecular flexibility index (Phi) is 5.26. The number of aromatic nitrogens is 1. The molecule has 0 radical (unpaired) electrons. The van der Waals surface area contributed by atoms with Gasteiger partial charge >= 0.3 is 0 Å². The van der Waals surface area contributed by atoms with Crippen molar-refractivity contribution >= 4 is 5.82 Å². The summed E-state index contributed by atoms with van der Waals surface area (Å²) >= 11 is 0. The Bertz CT molecular complexity index is 313. The van der Waals surface area contributed by atoms with Gasteiger partial charge in [0, 0.05) is 25.4 Å². The van der Waals surface area contributed by atoms with E-state index in [1.54, 1.807) is 13.1 Å². The average molecular weight is 222 g/mol. The first-order valence-corrected chi connectivity index (χ1v) is 6.01. The second-order valence-corrected chi connectivity index (χ2v) is 4.22. The Morgan fingerprint density at radius 1 is 1.44 bits per heavy atom. The molecule has 0 fully saturated rings. The predicted octanol–water partition coefficient (Wildman–Crippen LogP) is 2.76. The summed E-state index contributed by atoms with van der Waals surface area (Å²) in [6.45, 7) is 4.97. The van der Waals surface area contributed by atoms with Crippen LogP contribution >= 0.6 is 0 Å². The molecular weight excluding hydrogens is 200 g/mol. The molecule has 16 heavy (non-hydrogen) atoms. The first-order chi connectivity index (χ1) is 7.66. The van der Waals surface area contributed by atoms with Gasteiger partial charge in [-0.1, -0.05) is 25.8 Å². The number of aliphatic hydroxyl groups is 1. The smallest absolute Gasteiger partial charge is 0.134 e. The topological polar surface area (TPSA) is 36.4 Å². The van der Waals surface area contributed by atoms with Gasteiger partial charge in [0.05, 0.1) is 6.10 Å². The van der Waals surface area contributed by atoms with Crippen LogP contribution < -0.4 is 4.90 Å². The molecule has 1 N–H and O–H groups in total. The zero-order chi connectivity index (χ0) is 12.0. The molecule has 0 aliphatic heterocycles. The lowest BCUT2D eigenvalue weighted by molar-refractivity contribution is 0.199. The van der Waals surface area contributed by atoms with Crippen LogP contribution in [-0.2, 0) is 0 Å². The highest BCUT2D eigenvalue weighted by molar-refractivity contribution is 5.46. The van der Waals surface area contributed by atoms with E-state index in [2.05, 4.69) is 16.8 Å². The summed E-state index contributed by atoms with van der Waals surface area (Å²) in [5.41, 5.74) is 0.904. The zero-order valence-corrected chi connectivity index (χ0v) is 10.5. The first-order valence-electron chi connectivity index (χ1n) is 6.01. The average Bonchev–Trinajstić information content (AvgIpc) is 2.29. The maximum Gasteiger partial charge on any atom is 0.134 e. The second kappa shape index (κ2) is 6.48. The van der Waals surface area contributed by atoms with Gasteiger partial charge in [-0.3, -0.25) is 0 Å². The van der Waals surface area contributed by atoms with Crippen LogP contribution in [0.2, 0.25) is 0 Å². The van der Waals surface area contributed by atoms with E-state index in [1.165, 1.54) is 19.3 Å². The molecule has 1 aromatic rings. The van der Waals surface area contributed by atoms with Gasteiger partial charge in [0.25, 0.3) is 0 Å². The van der Waals surface area contributed by atoms with E-state index in [0.29, 0.717) is 0 Å². The summed E-state index contributed by atoms with van der Waals surface area (Å²) in [6.07, 6.45) is 4.94. The molecule has 3 heteroatoms. The monoisotopic (exact) mass is 222 g/mol. The Morgan fingerprint density at radius 3 is 2.81 bits per heavy atom. The van der Waals surface area contributed by atoms with Gasteiger partial charge in [-0.2, -0.15) is 0 Å². The molecule has 1 atom stereocenters. The van der Waals surface area contributed by atoms with E-state index in [0.717, 1.165) is 17.9 Å². The van der Waals surface area contributed by atoms with E-state index in [1.807, 2.05) is 19.2 Å². The molecule has 1 aromatic heterocycles. The molecule has 1 heterocycles. The lowest BCUT2D eigenvalue weighted by Crippen LogP contribution is -2.21. The lowest BCUT2D eigenvalue weighted by atomic mass is 10.1. The molecule has 0 unspecified atom stereocenters. The molecular formula is C13H22N2O. The summed E-state index contributed by atoms with van der Waals surface area (Å²) in [6, 6.07) is 3.80. The Morgan fingerprint density at radius 2 is 2.19 bits per heavy atom. The summed E-state index contributed by atoms with van der Waals surface area (Å²) in [7, 11) is 2.03. The van der Waals surface area contributed by atoms with Gasteiger partial charge < -0.3 is 10.0 Å². The largest absolute Gasteiger partial charge is 0.389 e. The molecule has 0 aliphatic carbocycles. The number of hydrogen-bond acceptors (Lipinski definition) is 3. The molecule has 1 rings (SSSR count). The van der Waals surface area contributed by atoms with E-state index >= 15 is 0 Å². The zero-order valence-electron chi connectivity index (χ0n) is 10.5. The van der Waals surface area contributed by atoms with Crippen LogP contribution in [0.15, 0.2) is 18.3 Å². The van der Waals surface area contributed by atoms with Gasteiger partial charge in [-0.25, -0.2) is 4.98 Å². The van der Waals surface area contributed by atoms with Gasteiger partial charge in [-0.05, 0) is 19.4 Å². The van der Waals surface area contributed by atoms with Crippen LogP contribution in [0.5, 0.6) is 0 Å². The van der Waals surface area contributed by atoms with Crippen molar-refractivity contribution in [3.8, 4) is 0 Å². The standard InChI is InChI=1S/C13H22N2O/c1-4-5-6-10-15(3)13-12(11(2)16)8-7-9-14-13/h7-9,11,16H,4-6,10H2,1-3H3/t11-/m0/s1. The Labute approximate surface area is 98.1 Å². The van der Waals surface area contributed by atoms with Crippen molar-refractivity contribution in [3.63, 3.8) is 0 Å². The Hall–Kier alpha value is -1.09. The third-order valence-corrected chi connectivity index (χ3v) is 2.73. The van der Waals surface area contributed by atoms with E-state index in [9.17, 15) is 5.11 Å². The second-order valence-electron chi connectivity index (χ2n) is 4.22. The van der Waals surface area contributed by atoms with Crippen molar-refractivity contribution < 1.29 is 5.11 Å². The lowest BCUT2D eigenvalue weighted by Gasteiger charge is -2.22. The van der Waals surface area contributed by atoms with Crippen molar-refractivity contribution in [3.05, 3.63) is 23.9 Å². The minimum Gasteiger partial charge on any atom is -0.389 e.